The molecule has 0 fully saturated rings. The number of carbonyl (C=O) groups is 2. The van der Waals surface area contributed by atoms with E-state index in [1.807, 2.05) is 25.1 Å². The Kier molecular flexibility index (Phi) is 2.60. The SMILES string of the molecule is CCC1=C(NC(C)=O)C(=O)c2ccccc21. The van der Waals surface area contributed by atoms with Crippen molar-refractivity contribution in [2.75, 3.05) is 0 Å². The van der Waals surface area contributed by atoms with Crippen LogP contribution in [0.5, 0.6) is 0 Å². The molecule has 3 nitrogen and oxygen atoms in total. The monoisotopic (exact) mass is 215 g/mol. The van der Waals surface area contributed by atoms with E-state index in [0.29, 0.717) is 11.3 Å². The molecule has 0 bridgehead atoms. The fourth-order valence-electron chi connectivity index (χ4n) is 2.03. The highest BCUT2D eigenvalue weighted by atomic mass is 16.2. The van der Waals surface area contributed by atoms with Crippen LogP contribution >= 0.6 is 0 Å². The van der Waals surface area contributed by atoms with Gasteiger partial charge in [0.15, 0.2) is 0 Å². The highest BCUT2D eigenvalue weighted by molar-refractivity contribution is 6.21. The lowest BCUT2D eigenvalue weighted by molar-refractivity contribution is -0.118. The largest absolute Gasteiger partial charge is 0.323 e. The second-order valence-corrected chi connectivity index (χ2v) is 3.76. The molecular weight excluding hydrogens is 202 g/mol. The van der Waals surface area contributed by atoms with E-state index in [9.17, 15) is 9.59 Å². The summed E-state index contributed by atoms with van der Waals surface area (Å²) >= 11 is 0. The summed E-state index contributed by atoms with van der Waals surface area (Å²) in [7, 11) is 0. The first-order valence-electron chi connectivity index (χ1n) is 5.30. The Labute approximate surface area is 94.2 Å². The van der Waals surface area contributed by atoms with Gasteiger partial charge in [0.2, 0.25) is 11.7 Å². The van der Waals surface area contributed by atoms with Crippen LogP contribution in [0.25, 0.3) is 5.57 Å². The number of fused-ring (bicyclic) bond motifs is 1. The van der Waals surface area contributed by atoms with Gasteiger partial charge in [0.25, 0.3) is 0 Å². The molecule has 0 atom stereocenters. The minimum Gasteiger partial charge on any atom is -0.323 e. The Bertz CT molecular complexity index is 500. The molecule has 0 aliphatic heterocycles. The maximum Gasteiger partial charge on any atom is 0.221 e. The van der Waals surface area contributed by atoms with Crippen LogP contribution in [0.1, 0.15) is 36.2 Å². The topological polar surface area (TPSA) is 46.2 Å². The lowest BCUT2D eigenvalue weighted by Crippen LogP contribution is -2.23. The van der Waals surface area contributed by atoms with Crippen LogP contribution in [-0.2, 0) is 4.79 Å². The molecule has 1 aliphatic rings. The number of hydrogen-bond donors (Lipinski definition) is 1. The standard InChI is InChI=1S/C13H13NO2/c1-3-9-10-6-4-5-7-11(10)13(16)12(9)14-8(2)15/h4-7H,3H2,1-2H3,(H,14,15,16). The summed E-state index contributed by atoms with van der Waals surface area (Å²) in [6.07, 6.45) is 0.734. The Morgan fingerprint density at radius 3 is 2.44 bits per heavy atom. The minimum absolute atomic E-state index is 0.0809. The fourth-order valence-corrected chi connectivity index (χ4v) is 2.03. The summed E-state index contributed by atoms with van der Waals surface area (Å²) in [6.45, 7) is 3.39. The summed E-state index contributed by atoms with van der Waals surface area (Å²) in [5.74, 6) is -0.287. The smallest absolute Gasteiger partial charge is 0.221 e. The normalized spacial score (nSPS) is 14.0. The molecule has 0 aromatic heterocycles. The predicted octanol–water partition coefficient (Wildman–Crippen LogP) is 2.14. The molecule has 0 saturated carbocycles. The highest BCUT2D eigenvalue weighted by Crippen LogP contribution is 2.33. The maximum atomic E-state index is 12.0. The van der Waals surface area contributed by atoms with Crippen LogP contribution in [-0.4, -0.2) is 11.7 Å². The molecule has 1 aromatic rings. The summed E-state index contributed by atoms with van der Waals surface area (Å²) in [5.41, 5.74) is 2.99. The number of Topliss-reactive ketones (excluding diaryl/α,β-unsaturated/α-hetero) is 1. The molecule has 0 unspecified atom stereocenters. The Balaban J connectivity index is 2.53. The third kappa shape index (κ3) is 1.54. The minimum atomic E-state index is -0.206. The Hall–Kier alpha value is -1.90. The van der Waals surface area contributed by atoms with Gasteiger partial charge in [-0.1, -0.05) is 31.2 Å². The number of allylic oxidation sites excluding steroid dienone is 2. The summed E-state index contributed by atoms with van der Waals surface area (Å²) in [5, 5.41) is 2.63. The zero-order chi connectivity index (χ0) is 11.7. The first-order chi connectivity index (χ1) is 7.65. The summed E-state index contributed by atoms with van der Waals surface area (Å²) < 4.78 is 0. The second-order valence-electron chi connectivity index (χ2n) is 3.76. The van der Waals surface area contributed by atoms with E-state index in [1.165, 1.54) is 6.92 Å². The lowest BCUT2D eigenvalue weighted by atomic mass is 10.0. The van der Waals surface area contributed by atoms with Crippen molar-refractivity contribution in [3.8, 4) is 0 Å². The quantitative estimate of drug-likeness (QED) is 0.821. The molecule has 1 aliphatic carbocycles. The van der Waals surface area contributed by atoms with Gasteiger partial charge in [-0.2, -0.15) is 0 Å². The lowest BCUT2D eigenvalue weighted by Gasteiger charge is -2.04. The number of ketones is 1. The molecule has 0 radical (unpaired) electrons. The summed E-state index contributed by atoms with van der Waals surface area (Å²) in [6, 6.07) is 7.45. The van der Waals surface area contributed by atoms with Crippen molar-refractivity contribution >= 4 is 17.3 Å². The van der Waals surface area contributed by atoms with Crippen LogP contribution in [0.3, 0.4) is 0 Å². The van der Waals surface area contributed by atoms with Crippen molar-refractivity contribution in [1.82, 2.24) is 5.32 Å². The molecule has 1 N–H and O–H groups in total. The Morgan fingerprint density at radius 2 is 1.88 bits per heavy atom. The predicted molar refractivity (Wildman–Crippen MR) is 61.8 cm³/mol. The van der Waals surface area contributed by atoms with E-state index < -0.39 is 0 Å². The average Bonchev–Trinajstić information content (AvgIpc) is 2.52. The average molecular weight is 215 g/mol. The van der Waals surface area contributed by atoms with Gasteiger partial charge in [0.1, 0.15) is 0 Å². The third-order valence-corrected chi connectivity index (χ3v) is 2.68. The first kappa shape index (κ1) is 10.6. The van der Waals surface area contributed by atoms with Crippen LogP contribution in [0.2, 0.25) is 0 Å². The molecule has 16 heavy (non-hydrogen) atoms. The first-order valence-corrected chi connectivity index (χ1v) is 5.30. The highest BCUT2D eigenvalue weighted by Gasteiger charge is 2.28. The molecule has 0 heterocycles. The number of nitrogens with one attached hydrogen (secondary N) is 1. The van der Waals surface area contributed by atoms with E-state index in [-0.39, 0.29) is 11.7 Å². The molecule has 0 saturated heterocycles. The third-order valence-electron chi connectivity index (χ3n) is 2.68. The van der Waals surface area contributed by atoms with Crippen LogP contribution in [0, 0.1) is 0 Å². The van der Waals surface area contributed by atoms with Crippen molar-refractivity contribution in [3.05, 3.63) is 41.1 Å². The molecular formula is C13H13NO2. The van der Waals surface area contributed by atoms with Gasteiger partial charge in [0, 0.05) is 12.5 Å². The van der Waals surface area contributed by atoms with Gasteiger partial charge in [-0.3, -0.25) is 9.59 Å². The molecule has 1 amide bonds. The van der Waals surface area contributed by atoms with Crippen LogP contribution in [0.15, 0.2) is 30.0 Å². The van der Waals surface area contributed by atoms with Gasteiger partial charge in [-0.15, -0.1) is 0 Å². The number of benzene rings is 1. The Morgan fingerprint density at radius 1 is 1.25 bits per heavy atom. The van der Waals surface area contributed by atoms with Crippen LogP contribution < -0.4 is 5.32 Å². The van der Waals surface area contributed by atoms with E-state index in [2.05, 4.69) is 5.32 Å². The molecule has 2 rings (SSSR count). The number of rotatable bonds is 2. The van der Waals surface area contributed by atoms with Crippen LogP contribution in [0.4, 0.5) is 0 Å². The van der Waals surface area contributed by atoms with Crippen molar-refractivity contribution in [3.63, 3.8) is 0 Å². The molecule has 3 heteroatoms. The van der Waals surface area contributed by atoms with Crippen molar-refractivity contribution in [2.45, 2.75) is 20.3 Å². The van der Waals surface area contributed by atoms with Crippen molar-refractivity contribution in [1.29, 1.82) is 0 Å². The second kappa shape index (κ2) is 3.93. The van der Waals surface area contributed by atoms with E-state index >= 15 is 0 Å². The maximum absolute atomic E-state index is 12.0. The van der Waals surface area contributed by atoms with E-state index in [0.717, 1.165) is 17.6 Å². The molecule has 0 spiro atoms. The number of hydrogen-bond acceptors (Lipinski definition) is 2. The number of amides is 1. The van der Waals surface area contributed by atoms with E-state index in [1.54, 1.807) is 6.07 Å². The summed E-state index contributed by atoms with van der Waals surface area (Å²) in [4.78, 5) is 23.1. The van der Waals surface area contributed by atoms with E-state index in [4.69, 9.17) is 0 Å². The zero-order valence-electron chi connectivity index (χ0n) is 9.33. The van der Waals surface area contributed by atoms with Gasteiger partial charge >= 0.3 is 0 Å². The molecule has 82 valence electrons. The number of carbonyl (C=O) groups excluding carboxylic acids is 2. The van der Waals surface area contributed by atoms with Crippen molar-refractivity contribution in [2.24, 2.45) is 0 Å². The van der Waals surface area contributed by atoms with Gasteiger partial charge in [-0.05, 0) is 17.6 Å². The molecule has 1 aromatic carbocycles. The van der Waals surface area contributed by atoms with Crippen molar-refractivity contribution < 1.29 is 9.59 Å². The fraction of sp³-hybridized carbons (Fsp3) is 0.231. The zero-order valence-corrected chi connectivity index (χ0v) is 9.33. The van der Waals surface area contributed by atoms with Gasteiger partial charge < -0.3 is 5.32 Å². The van der Waals surface area contributed by atoms with Gasteiger partial charge in [-0.25, -0.2) is 0 Å². The van der Waals surface area contributed by atoms with Gasteiger partial charge in [0.05, 0.1) is 5.70 Å².